The van der Waals surface area contributed by atoms with Gasteiger partial charge >= 0.3 is 0 Å². The van der Waals surface area contributed by atoms with Crippen LogP contribution in [0.2, 0.25) is 0 Å². The predicted molar refractivity (Wildman–Crippen MR) is 93.7 cm³/mol. The minimum Gasteiger partial charge on any atom is -0.495 e. The lowest BCUT2D eigenvalue weighted by Crippen LogP contribution is -2.24. The smallest absolute Gasteiger partial charge is 0.270 e. The van der Waals surface area contributed by atoms with Crippen molar-refractivity contribution >= 4 is 17.4 Å². The molecule has 1 aromatic carbocycles. The fourth-order valence-electron chi connectivity index (χ4n) is 2.21. The lowest BCUT2D eigenvalue weighted by atomic mass is 10.2. The van der Waals surface area contributed by atoms with E-state index in [0.29, 0.717) is 18.1 Å². The molecule has 3 rings (SSSR count). The molecule has 2 heterocycles. The van der Waals surface area contributed by atoms with Gasteiger partial charge in [0.15, 0.2) is 0 Å². The van der Waals surface area contributed by atoms with Gasteiger partial charge in [0, 0.05) is 25.0 Å². The highest BCUT2D eigenvalue weighted by Gasteiger charge is 2.10. The molecule has 2 N–H and O–H groups in total. The summed E-state index contributed by atoms with van der Waals surface area (Å²) < 4.78 is 5.29. The molecule has 1 amide bonds. The number of amides is 1. The maximum Gasteiger partial charge on any atom is 0.270 e. The van der Waals surface area contributed by atoms with E-state index in [0.717, 1.165) is 11.3 Å². The normalized spacial score (nSPS) is 10.1. The summed E-state index contributed by atoms with van der Waals surface area (Å²) in [5.41, 5.74) is 1.94. The number of carbonyl (C=O) groups is 1. The molecule has 0 aliphatic rings. The molecule has 25 heavy (non-hydrogen) atoms. The van der Waals surface area contributed by atoms with Gasteiger partial charge in [0.1, 0.15) is 23.6 Å². The van der Waals surface area contributed by atoms with E-state index >= 15 is 0 Å². The number of benzene rings is 1. The second-order valence-electron chi connectivity index (χ2n) is 5.16. The van der Waals surface area contributed by atoms with E-state index in [4.69, 9.17) is 4.74 Å². The molecule has 0 saturated carbocycles. The third-order valence-electron chi connectivity index (χ3n) is 3.45. The summed E-state index contributed by atoms with van der Waals surface area (Å²) in [5, 5.41) is 5.93. The van der Waals surface area contributed by atoms with Gasteiger partial charge in [0.2, 0.25) is 0 Å². The molecule has 0 radical (unpaired) electrons. The Balaban J connectivity index is 1.69. The zero-order valence-corrected chi connectivity index (χ0v) is 13.6. The minimum atomic E-state index is -0.283. The molecule has 7 heteroatoms. The average molecular weight is 335 g/mol. The lowest BCUT2D eigenvalue weighted by Gasteiger charge is -2.10. The molecular weight excluding hydrogens is 318 g/mol. The molecule has 0 aliphatic heterocycles. The molecule has 0 bridgehead atoms. The van der Waals surface area contributed by atoms with Gasteiger partial charge < -0.3 is 15.4 Å². The van der Waals surface area contributed by atoms with E-state index in [1.807, 2.05) is 36.4 Å². The molecule has 3 aromatic rings. The Bertz CT molecular complexity index is 855. The molecule has 0 spiro atoms. The van der Waals surface area contributed by atoms with Gasteiger partial charge in [-0.15, -0.1) is 0 Å². The van der Waals surface area contributed by atoms with Gasteiger partial charge in [-0.2, -0.15) is 0 Å². The Kier molecular flexibility index (Phi) is 5.16. The number of methoxy groups -OCH3 is 1. The molecule has 2 aromatic heterocycles. The van der Waals surface area contributed by atoms with Crippen LogP contribution >= 0.6 is 0 Å². The van der Waals surface area contributed by atoms with Crippen molar-refractivity contribution in [1.29, 1.82) is 0 Å². The summed E-state index contributed by atoms with van der Waals surface area (Å²) in [7, 11) is 1.60. The quantitative estimate of drug-likeness (QED) is 0.720. The maximum absolute atomic E-state index is 12.3. The van der Waals surface area contributed by atoms with Crippen molar-refractivity contribution in [3.05, 3.63) is 72.4 Å². The second-order valence-corrected chi connectivity index (χ2v) is 5.16. The maximum atomic E-state index is 12.3. The third kappa shape index (κ3) is 4.29. The Morgan fingerprint density at radius 3 is 2.84 bits per heavy atom. The van der Waals surface area contributed by atoms with Crippen LogP contribution in [0.1, 0.15) is 16.1 Å². The van der Waals surface area contributed by atoms with Gasteiger partial charge in [0.05, 0.1) is 12.8 Å². The Morgan fingerprint density at radius 2 is 2.04 bits per heavy atom. The van der Waals surface area contributed by atoms with E-state index in [2.05, 4.69) is 25.6 Å². The Morgan fingerprint density at radius 1 is 1.16 bits per heavy atom. The van der Waals surface area contributed by atoms with Crippen LogP contribution in [-0.4, -0.2) is 28.0 Å². The van der Waals surface area contributed by atoms with E-state index in [9.17, 15) is 4.79 Å². The summed E-state index contributed by atoms with van der Waals surface area (Å²) in [5.74, 6) is 0.907. The van der Waals surface area contributed by atoms with Crippen LogP contribution in [0.4, 0.5) is 11.5 Å². The monoisotopic (exact) mass is 335 g/mol. The fraction of sp³-hybridized carbons (Fsp3) is 0.111. The van der Waals surface area contributed by atoms with Gasteiger partial charge in [-0.1, -0.05) is 18.2 Å². The molecular formula is C18H17N5O2. The molecule has 0 unspecified atom stereocenters. The largest absolute Gasteiger partial charge is 0.495 e. The molecule has 0 atom stereocenters. The van der Waals surface area contributed by atoms with Crippen LogP contribution in [0.15, 0.2) is 61.2 Å². The number of hydrogen-bond donors (Lipinski definition) is 2. The zero-order chi connectivity index (χ0) is 17.5. The number of hydrogen-bond acceptors (Lipinski definition) is 6. The summed E-state index contributed by atoms with van der Waals surface area (Å²) in [6.45, 7) is 0.381. The van der Waals surface area contributed by atoms with Gasteiger partial charge in [-0.3, -0.25) is 9.78 Å². The van der Waals surface area contributed by atoms with Crippen LogP contribution in [0.5, 0.6) is 5.75 Å². The first kappa shape index (κ1) is 16.4. The number of aromatic nitrogens is 3. The highest BCUT2D eigenvalue weighted by atomic mass is 16.5. The highest BCUT2D eigenvalue weighted by molar-refractivity contribution is 5.93. The van der Waals surface area contributed by atoms with Crippen molar-refractivity contribution in [3.63, 3.8) is 0 Å². The molecule has 0 fully saturated rings. The summed E-state index contributed by atoms with van der Waals surface area (Å²) in [4.78, 5) is 24.5. The fourth-order valence-corrected chi connectivity index (χ4v) is 2.21. The first-order chi connectivity index (χ1) is 12.3. The molecule has 0 aliphatic carbocycles. The van der Waals surface area contributed by atoms with Crippen molar-refractivity contribution in [2.45, 2.75) is 6.54 Å². The Labute approximate surface area is 145 Å². The van der Waals surface area contributed by atoms with Gasteiger partial charge in [-0.05, 0) is 23.8 Å². The number of carbonyl (C=O) groups excluding carboxylic acids is 1. The number of pyridine rings is 1. The van der Waals surface area contributed by atoms with E-state index in [1.165, 1.54) is 6.33 Å². The van der Waals surface area contributed by atoms with Crippen LogP contribution in [0.3, 0.4) is 0 Å². The van der Waals surface area contributed by atoms with E-state index in [-0.39, 0.29) is 11.6 Å². The van der Waals surface area contributed by atoms with Crippen molar-refractivity contribution in [2.75, 3.05) is 12.4 Å². The van der Waals surface area contributed by atoms with Crippen molar-refractivity contribution in [2.24, 2.45) is 0 Å². The van der Waals surface area contributed by atoms with E-state index < -0.39 is 0 Å². The summed E-state index contributed by atoms with van der Waals surface area (Å²) in [6.07, 6.45) is 4.73. The first-order valence-electron chi connectivity index (χ1n) is 7.65. The standard InChI is InChI=1S/C18H17N5O2/c1-25-16-7-3-2-6-14(16)23-17-9-15(21-12-22-17)18(24)20-11-13-5-4-8-19-10-13/h2-10,12H,11H2,1H3,(H,20,24)(H,21,22,23). The van der Waals surface area contributed by atoms with Crippen molar-refractivity contribution in [1.82, 2.24) is 20.3 Å². The second kappa shape index (κ2) is 7.87. The zero-order valence-electron chi connectivity index (χ0n) is 13.6. The van der Waals surface area contributed by atoms with Crippen LogP contribution < -0.4 is 15.4 Å². The average Bonchev–Trinajstić information content (AvgIpc) is 2.67. The molecule has 0 saturated heterocycles. The van der Waals surface area contributed by atoms with Crippen molar-refractivity contribution < 1.29 is 9.53 Å². The van der Waals surface area contributed by atoms with Gasteiger partial charge in [-0.25, -0.2) is 9.97 Å². The minimum absolute atomic E-state index is 0.274. The number of ether oxygens (including phenoxy) is 1. The number of rotatable bonds is 6. The number of para-hydroxylation sites is 2. The van der Waals surface area contributed by atoms with Crippen LogP contribution in [0, 0.1) is 0 Å². The Hall–Kier alpha value is -3.48. The molecule has 7 nitrogen and oxygen atoms in total. The first-order valence-corrected chi connectivity index (χ1v) is 7.65. The van der Waals surface area contributed by atoms with Crippen LogP contribution in [0.25, 0.3) is 0 Å². The predicted octanol–water partition coefficient (Wildman–Crippen LogP) is 2.55. The summed E-state index contributed by atoms with van der Waals surface area (Å²) in [6, 6.07) is 12.8. The number of nitrogens with one attached hydrogen (secondary N) is 2. The van der Waals surface area contributed by atoms with E-state index in [1.54, 1.807) is 25.6 Å². The molecule has 126 valence electrons. The topological polar surface area (TPSA) is 89.0 Å². The highest BCUT2D eigenvalue weighted by Crippen LogP contribution is 2.26. The summed E-state index contributed by atoms with van der Waals surface area (Å²) >= 11 is 0. The third-order valence-corrected chi connectivity index (χ3v) is 3.45. The number of nitrogens with zero attached hydrogens (tertiary/aromatic N) is 3. The SMILES string of the molecule is COc1ccccc1Nc1cc(C(=O)NCc2cccnc2)ncn1. The van der Waals surface area contributed by atoms with Gasteiger partial charge in [0.25, 0.3) is 5.91 Å². The lowest BCUT2D eigenvalue weighted by molar-refractivity contribution is 0.0945. The van der Waals surface area contributed by atoms with Crippen molar-refractivity contribution in [3.8, 4) is 5.75 Å². The number of anilines is 2. The van der Waals surface area contributed by atoms with Crippen LogP contribution in [-0.2, 0) is 6.54 Å².